The number of nitrogens with zero attached hydrogens (tertiary/aromatic N) is 1. The molecule has 0 saturated carbocycles. The highest BCUT2D eigenvalue weighted by atomic mass is 35.5. The number of carbonyl (C=O) groups is 1. The largest absolute Gasteiger partial charge is 0.495 e. The van der Waals surface area contributed by atoms with Gasteiger partial charge < -0.3 is 14.7 Å². The van der Waals surface area contributed by atoms with Crippen molar-refractivity contribution in [2.45, 2.75) is 30.6 Å². The Morgan fingerprint density at radius 1 is 1.10 bits per heavy atom. The predicted octanol–water partition coefficient (Wildman–Crippen LogP) is 4.23. The fraction of sp³-hybridized carbons (Fsp3) is 0.350. The Bertz CT molecular complexity index is 1000. The molecule has 2 N–H and O–H groups in total. The molecule has 0 amide bonds. The van der Waals surface area contributed by atoms with E-state index in [1.165, 1.54) is 37.4 Å². The van der Waals surface area contributed by atoms with Crippen molar-refractivity contribution in [2.75, 3.05) is 29.8 Å². The number of ether oxygens (including phenoxy) is 1. The van der Waals surface area contributed by atoms with Gasteiger partial charge in [0.15, 0.2) is 0 Å². The first-order valence-corrected chi connectivity index (χ1v) is 11.2. The maximum Gasteiger partial charge on any atom is 0.337 e. The summed E-state index contributed by atoms with van der Waals surface area (Å²) in [5, 5.41) is 9.88. The average molecular weight is 439 g/mol. The molecule has 0 spiro atoms. The van der Waals surface area contributed by atoms with Crippen LogP contribution in [0.15, 0.2) is 41.3 Å². The first-order valence-electron chi connectivity index (χ1n) is 9.30. The number of carboxylic acids is 1. The van der Waals surface area contributed by atoms with Crippen LogP contribution in [0.2, 0.25) is 5.02 Å². The summed E-state index contributed by atoms with van der Waals surface area (Å²) in [7, 11) is -2.77. The van der Waals surface area contributed by atoms with Gasteiger partial charge in [-0.2, -0.15) is 0 Å². The summed E-state index contributed by atoms with van der Waals surface area (Å²) in [6.45, 7) is 1.70. The number of benzene rings is 2. The molecule has 3 rings (SSSR count). The highest BCUT2D eigenvalue weighted by Crippen LogP contribution is 2.31. The molecule has 0 aromatic heterocycles. The zero-order valence-corrected chi connectivity index (χ0v) is 17.6. The van der Waals surface area contributed by atoms with Crippen LogP contribution in [0.4, 0.5) is 11.4 Å². The summed E-state index contributed by atoms with van der Waals surface area (Å²) >= 11 is 5.94. The zero-order chi connectivity index (χ0) is 21.0. The first kappa shape index (κ1) is 21.3. The smallest absolute Gasteiger partial charge is 0.337 e. The number of hydrogen-bond donors (Lipinski definition) is 2. The van der Waals surface area contributed by atoms with E-state index in [1.807, 2.05) is 0 Å². The van der Waals surface area contributed by atoms with Gasteiger partial charge in [-0.3, -0.25) is 4.72 Å². The Hall–Kier alpha value is -2.45. The van der Waals surface area contributed by atoms with E-state index in [0.717, 1.165) is 44.5 Å². The van der Waals surface area contributed by atoms with E-state index < -0.39 is 16.0 Å². The number of anilines is 2. The second-order valence-electron chi connectivity index (χ2n) is 6.84. The summed E-state index contributed by atoms with van der Waals surface area (Å²) in [4.78, 5) is 13.8. The van der Waals surface area contributed by atoms with E-state index in [1.54, 1.807) is 6.07 Å². The normalized spacial score (nSPS) is 14.9. The van der Waals surface area contributed by atoms with Crippen LogP contribution in [0.25, 0.3) is 0 Å². The van der Waals surface area contributed by atoms with E-state index in [9.17, 15) is 18.3 Å². The number of sulfonamides is 1. The monoisotopic (exact) mass is 438 g/mol. The molecule has 1 fully saturated rings. The molecule has 0 radical (unpaired) electrons. The maximum atomic E-state index is 12.9. The van der Waals surface area contributed by atoms with Gasteiger partial charge >= 0.3 is 5.97 Å². The molecule has 156 valence electrons. The first-order chi connectivity index (χ1) is 13.8. The lowest BCUT2D eigenvalue weighted by molar-refractivity contribution is 0.0698. The average Bonchev–Trinajstić information content (AvgIpc) is 2.97. The lowest BCUT2D eigenvalue weighted by Gasteiger charge is -2.23. The Morgan fingerprint density at radius 2 is 1.79 bits per heavy atom. The van der Waals surface area contributed by atoms with Crippen molar-refractivity contribution in [3.63, 3.8) is 0 Å². The molecule has 2 aromatic carbocycles. The molecular weight excluding hydrogens is 416 g/mol. The van der Waals surface area contributed by atoms with E-state index in [2.05, 4.69) is 9.62 Å². The van der Waals surface area contributed by atoms with Crippen molar-refractivity contribution in [1.29, 1.82) is 0 Å². The SMILES string of the molecule is COc1ccc(Cl)cc1S(=O)(=O)Nc1ccc(N2CCCCCC2)cc1C(=O)O. The Kier molecular flexibility index (Phi) is 6.54. The summed E-state index contributed by atoms with van der Waals surface area (Å²) < 4.78 is 33.2. The number of aromatic carboxylic acids is 1. The minimum Gasteiger partial charge on any atom is -0.495 e. The number of methoxy groups -OCH3 is 1. The van der Waals surface area contributed by atoms with Crippen molar-refractivity contribution < 1.29 is 23.1 Å². The van der Waals surface area contributed by atoms with Crippen LogP contribution in [0.1, 0.15) is 36.0 Å². The topological polar surface area (TPSA) is 95.9 Å². The summed E-state index contributed by atoms with van der Waals surface area (Å²) in [6, 6.07) is 8.95. The minimum atomic E-state index is -4.11. The summed E-state index contributed by atoms with van der Waals surface area (Å²) in [6.07, 6.45) is 4.40. The van der Waals surface area contributed by atoms with Crippen LogP contribution < -0.4 is 14.4 Å². The van der Waals surface area contributed by atoms with Crippen molar-refractivity contribution in [3.8, 4) is 5.75 Å². The second kappa shape index (κ2) is 8.92. The van der Waals surface area contributed by atoms with Crippen LogP contribution in [0.5, 0.6) is 5.75 Å². The molecule has 9 heteroatoms. The van der Waals surface area contributed by atoms with Crippen LogP contribution in [-0.2, 0) is 10.0 Å². The lowest BCUT2D eigenvalue weighted by Crippen LogP contribution is -2.24. The highest BCUT2D eigenvalue weighted by molar-refractivity contribution is 7.92. The minimum absolute atomic E-state index is 0.0156. The number of carboxylic acid groups (broad SMARTS) is 1. The number of halogens is 1. The van der Waals surface area contributed by atoms with Gasteiger partial charge in [0.2, 0.25) is 0 Å². The molecular formula is C20H23ClN2O5S. The lowest BCUT2D eigenvalue weighted by atomic mass is 10.1. The third-order valence-corrected chi connectivity index (χ3v) is 6.49. The molecule has 0 atom stereocenters. The molecule has 0 unspecified atom stereocenters. The Morgan fingerprint density at radius 3 is 2.41 bits per heavy atom. The fourth-order valence-electron chi connectivity index (χ4n) is 3.38. The van der Waals surface area contributed by atoms with Crippen LogP contribution in [0, 0.1) is 0 Å². The van der Waals surface area contributed by atoms with Gasteiger partial charge in [-0.15, -0.1) is 0 Å². The van der Waals surface area contributed by atoms with E-state index in [-0.39, 0.29) is 26.9 Å². The third kappa shape index (κ3) is 4.94. The van der Waals surface area contributed by atoms with Gasteiger partial charge in [-0.05, 0) is 49.2 Å². The Balaban J connectivity index is 1.96. The van der Waals surface area contributed by atoms with Crippen molar-refractivity contribution in [3.05, 3.63) is 47.0 Å². The number of hydrogen-bond acceptors (Lipinski definition) is 5. The molecule has 1 saturated heterocycles. The van der Waals surface area contributed by atoms with E-state index in [0.29, 0.717) is 0 Å². The van der Waals surface area contributed by atoms with Crippen LogP contribution >= 0.6 is 11.6 Å². The van der Waals surface area contributed by atoms with Gasteiger partial charge in [0.1, 0.15) is 10.6 Å². The predicted molar refractivity (Wildman–Crippen MR) is 113 cm³/mol. The number of nitrogens with one attached hydrogen (secondary N) is 1. The molecule has 1 aliphatic rings. The number of rotatable bonds is 6. The molecule has 2 aromatic rings. The van der Waals surface area contributed by atoms with Crippen LogP contribution in [-0.4, -0.2) is 39.7 Å². The van der Waals surface area contributed by atoms with Crippen LogP contribution in [0.3, 0.4) is 0 Å². The standard InChI is InChI=1S/C20H23ClN2O5S/c1-28-18-9-6-14(21)12-19(18)29(26,27)22-17-8-7-15(13-16(17)20(24)25)23-10-4-2-3-5-11-23/h6-9,12-13,22H,2-5,10-11H2,1H3,(H,24,25). The molecule has 29 heavy (non-hydrogen) atoms. The molecule has 0 bridgehead atoms. The zero-order valence-electron chi connectivity index (χ0n) is 16.0. The highest BCUT2D eigenvalue weighted by Gasteiger charge is 2.23. The van der Waals surface area contributed by atoms with Gasteiger partial charge in [-0.25, -0.2) is 13.2 Å². The van der Waals surface area contributed by atoms with E-state index >= 15 is 0 Å². The van der Waals surface area contributed by atoms with Gasteiger partial charge in [0.25, 0.3) is 10.0 Å². The van der Waals surface area contributed by atoms with Crippen molar-refractivity contribution in [1.82, 2.24) is 0 Å². The van der Waals surface area contributed by atoms with Gasteiger partial charge in [0, 0.05) is 23.8 Å². The van der Waals surface area contributed by atoms with Crippen molar-refractivity contribution in [2.24, 2.45) is 0 Å². The molecule has 7 nitrogen and oxygen atoms in total. The third-order valence-electron chi connectivity index (χ3n) is 4.86. The quantitative estimate of drug-likeness (QED) is 0.700. The van der Waals surface area contributed by atoms with Gasteiger partial charge in [0.05, 0.1) is 18.4 Å². The van der Waals surface area contributed by atoms with Crippen molar-refractivity contribution >= 4 is 39.0 Å². The molecule has 0 aliphatic carbocycles. The second-order valence-corrected chi connectivity index (χ2v) is 8.92. The Labute approximate surface area is 175 Å². The molecule has 1 aliphatic heterocycles. The fourth-order valence-corrected chi connectivity index (χ4v) is 4.90. The summed E-state index contributed by atoms with van der Waals surface area (Å²) in [5.74, 6) is -1.10. The summed E-state index contributed by atoms with van der Waals surface area (Å²) in [5.41, 5.74) is 0.641. The van der Waals surface area contributed by atoms with E-state index in [4.69, 9.17) is 16.3 Å². The van der Waals surface area contributed by atoms with Gasteiger partial charge in [-0.1, -0.05) is 24.4 Å². The molecule has 1 heterocycles. The maximum absolute atomic E-state index is 12.9.